The fourth-order valence-corrected chi connectivity index (χ4v) is 6.21. The molecule has 0 aliphatic heterocycles. The second kappa shape index (κ2) is 40.3. The minimum Gasteiger partial charge on any atom is -0.545 e. The van der Waals surface area contributed by atoms with Gasteiger partial charge < -0.3 is 33.3 Å². The highest BCUT2D eigenvalue weighted by Gasteiger charge is 2.21. The monoisotopic (exact) mass is 806 g/mol. The third-order valence-electron chi connectivity index (χ3n) is 9.86. The fourth-order valence-electron chi connectivity index (χ4n) is 6.21. The SMILES string of the molecule is CCCCC/C=C\C/C=C\CCCCCCCCCCCC(=O)OC(COC(=O)CCCCCCC/C=C\CCCCCC)COC(OCC[N+](C)(C)C)C(=O)[O-]. The lowest BCUT2D eigenvalue weighted by molar-refractivity contribution is -0.870. The second-order valence-corrected chi connectivity index (χ2v) is 16.7. The van der Waals surface area contributed by atoms with Crippen LogP contribution >= 0.6 is 0 Å². The standard InChI is InChI=1S/C48H87NO8/c1-6-8-10-12-14-16-18-20-21-22-23-24-25-27-29-31-33-35-37-39-46(51)57-44(43-56-48(47(52)53)54-41-40-49(3,4)5)42-55-45(50)38-36-34-32-30-28-26-19-17-15-13-11-9-7-2/h14,16-17,19-21,44,48H,6-13,15,18,22-43H2,1-5H3/b16-14-,19-17-,21-20-. The fraction of sp³-hybridized carbons (Fsp3) is 0.812. The topological polar surface area (TPSA) is 111 Å². The van der Waals surface area contributed by atoms with Crippen LogP contribution in [-0.4, -0.2) is 82.3 Å². The summed E-state index contributed by atoms with van der Waals surface area (Å²) >= 11 is 0. The van der Waals surface area contributed by atoms with Crippen molar-refractivity contribution in [3.05, 3.63) is 36.5 Å². The average molecular weight is 806 g/mol. The van der Waals surface area contributed by atoms with Crippen LogP contribution in [0.25, 0.3) is 0 Å². The molecule has 0 amide bonds. The van der Waals surface area contributed by atoms with Gasteiger partial charge in [-0.15, -0.1) is 0 Å². The molecule has 0 spiro atoms. The maximum atomic E-state index is 12.8. The van der Waals surface area contributed by atoms with Crippen LogP contribution in [-0.2, 0) is 33.3 Å². The minimum atomic E-state index is -1.62. The third kappa shape index (κ3) is 41.5. The van der Waals surface area contributed by atoms with E-state index >= 15 is 0 Å². The highest BCUT2D eigenvalue weighted by molar-refractivity contribution is 5.70. The van der Waals surface area contributed by atoms with E-state index in [2.05, 4.69) is 50.3 Å². The zero-order chi connectivity index (χ0) is 42.1. The van der Waals surface area contributed by atoms with E-state index in [0.717, 1.165) is 70.6 Å². The molecule has 0 rings (SSSR count). The minimum absolute atomic E-state index is 0.145. The average Bonchev–Trinajstić information content (AvgIpc) is 3.17. The van der Waals surface area contributed by atoms with E-state index in [1.54, 1.807) is 0 Å². The van der Waals surface area contributed by atoms with Crippen molar-refractivity contribution >= 4 is 17.9 Å². The van der Waals surface area contributed by atoms with E-state index in [9.17, 15) is 19.5 Å². The number of carboxylic acids is 1. The van der Waals surface area contributed by atoms with Crippen LogP contribution in [0.5, 0.6) is 0 Å². The molecule has 0 aliphatic carbocycles. The summed E-state index contributed by atoms with van der Waals surface area (Å²) in [4.78, 5) is 37.0. The molecule has 0 aromatic carbocycles. The van der Waals surface area contributed by atoms with E-state index < -0.39 is 24.3 Å². The maximum Gasteiger partial charge on any atom is 0.306 e. The van der Waals surface area contributed by atoms with E-state index in [-0.39, 0.29) is 38.6 Å². The summed E-state index contributed by atoms with van der Waals surface area (Å²) in [5.74, 6) is -2.30. The lowest BCUT2D eigenvalue weighted by atomic mass is 10.1. The molecule has 0 heterocycles. The number of quaternary nitrogens is 1. The third-order valence-corrected chi connectivity index (χ3v) is 9.86. The molecule has 0 saturated heterocycles. The summed E-state index contributed by atoms with van der Waals surface area (Å²) in [6.07, 6.45) is 41.7. The predicted molar refractivity (Wildman–Crippen MR) is 232 cm³/mol. The Balaban J connectivity index is 4.41. The number of likely N-dealkylation sites (N-methyl/N-ethyl adjacent to an activating group) is 1. The maximum absolute atomic E-state index is 12.8. The molecule has 0 N–H and O–H groups in total. The van der Waals surface area contributed by atoms with Crippen molar-refractivity contribution in [3.63, 3.8) is 0 Å². The van der Waals surface area contributed by atoms with Crippen LogP contribution < -0.4 is 5.11 Å². The van der Waals surface area contributed by atoms with Gasteiger partial charge in [0.05, 0.1) is 40.3 Å². The Kier molecular flexibility index (Phi) is 38.5. The normalized spacial score (nSPS) is 13.2. The van der Waals surface area contributed by atoms with Crippen molar-refractivity contribution < 1.29 is 42.9 Å². The Labute approximate surface area is 350 Å². The van der Waals surface area contributed by atoms with Gasteiger partial charge in [0.1, 0.15) is 13.2 Å². The van der Waals surface area contributed by atoms with Crippen LogP contribution in [0.2, 0.25) is 0 Å². The van der Waals surface area contributed by atoms with Crippen LogP contribution in [0, 0.1) is 0 Å². The summed E-state index contributed by atoms with van der Waals surface area (Å²) < 4.78 is 22.5. The molecule has 0 aromatic heterocycles. The number of aliphatic carboxylic acids is 1. The number of esters is 2. The molecule has 9 heteroatoms. The lowest BCUT2D eigenvalue weighted by Gasteiger charge is -2.26. The summed E-state index contributed by atoms with van der Waals surface area (Å²) in [5.41, 5.74) is 0. The zero-order valence-electron chi connectivity index (χ0n) is 37.5. The molecule has 9 nitrogen and oxygen atoms in total. The van der Waals surface area contributed by atoms with Crippen molar-refractivity contribution in [2.24, 2.45) is 0 Å². The Morgan fingerprint density at radius 2 is 0.947 bits per heavy atom. The first-order chi connectivity index (χ1) is 27.6. The highest BCUT2D eigenvalue weighted by atomic mass is 16.7. The molecular formula is C48H87NO8. The Bertz CT molecular complexity index is 1030. The number of unbranched alkanes of at least 4 members (excludes halogenated alkanes) is 21. The van der Waals surface area contributed by atoms with Gasteiger partial charge in [0.15, 0.2) is 12.4 Å². The Morgan fingerprint density at radius 3 is 1.44 bits per heavy atom. The largest absolute Gasteiger partial charge is 0.545 e. The first-order valence-corrected chi connectivity index (χ1v) is 23.1. The number of rotatable bonds is 42. The van der Waals surface area contributed by atoms with Crippen molar-refractivity contribution in [1.29, 1.82) is 0 Å². The molecule has 2 unspecified atom stereocenters. The smallest absolute Gasteiger partial charge is 0.306 e. The second-order valence-electron chi connectivity index (χ2n) is 16.7. The number of carbonyl (C=O) groups excluding carboxylic acids is 3. The molecule has 0 radical (unpaired) electrons. The number of ether oxygens (including phenoxy) is 4. The molecule has 332 valence electrons. The van der Waals surface area contributed by atoms with Gasteiger partial charge in [-0.05, 0) is 70.6 Å². The van der Waals surface area contributed by atoms with Gasteiger partial charge >= 0.3 is 11.9 Å². The summed E-state index contributed by atoms with van der Waals surface area (Å²) in [6.45, 7) is 4.68. The predicted octanol–water partition coefficient (Wildman–Crippen LogP) is 10.9. The quantitative estimate of drug-likeness (QED) is 0.0197. The van der Waals surface area contributed by atoms with Gasteiger partial charge in [-0.3, -0.25) is 9.59 Å². The number of carboxylic acid groups (broad SMARTS) is 1. The molecule has 0 aromatic rings. The molecular weight excluding hydrogens is 719 g/mol. The van der Waals surface area contributed by atoms with Crippen molar-refractivity contribution in [2.45, 2.75) is 206 Å². The van der Waals surface area contributed by atoms with Crippen LogP contribution in [0.15, 0.2) is 36.5 Å². The first-order valence-electron chi connectivity index (χ1n) is 23.1. The van der Waals surface area contributed by atoms with Gasteiger partial charge in [0.2, 0.25) is 0 Å². The number of carbonyl (C=O) groups is 3. The van der Waals surface area contributed by atoms with E-state index in [0.29, 0.717) is 17.4 Å². The highest BCUT2D eigenvalue weighted by Crippen LogP contribution is 2.14. The van der Waals surface area contributed by atoms with Gasteiger partial charge in [-0.1, -0.05) is 147 Å². The summed E-state index contributed by atoms with van der Waals surface area (Å²) in [5, 5.41) is 11.7. The summed E-state index contributed by atoms with van der Waals surface area (Å²) in [7, 11) is 5.90. The number of hydrogen-bond acceptors (Lipinski definition) is 8. The van der Waals surface area contributed by atoms with E-state index in [1.807, 2.05) is 21.1 Å². The molecule has 0 fully saturated rings. The van der Waals surface area contributed by atoms with Crippen molar-refractivity contribution in [2.75, 3.05) is 47.5 Å². The molecule has 2 atom stereocenters. The van der Waals surface area contributed by atoms with E-state index in [4.69, 9.17) is 18.9 Å². The molecule has 57 heavy (non-hydrogen) atoms. The van der Waals surface area contributed by atoms with Gasteiger partial charge in [0, 0.05) is 12.8 Å². The van der Waals surface area contributed by atoms with Crippen molar-refractivity contribution in [1.82, 2.24) is 0 Å². The first kappa shape index (κ1) is 54.5. The molecule has 0 aliphatic rings. The van der Waals surface area contributed by atoms with Crippen LogP contribution in [0.3, 0.4) is 0 Å². The number of nitrogens with zero attached hydrogens (tertiary/aromatic N) is 1. The van der Waals surface area contributed by atoms with Crippen molar-refractivity contribution in [3.8, 4) is 0 Å². The van der Waals surface area contributed by atoms with Gasteiger partial charge in [-0.25, -0.2) is 0 Å². The van der Waals surface area contributed by atoms with Crippen LogP contribution in [0.4, 0.5) is 0 Å². The van der Waals surface area contributed by atoms with Gasteiger partial charge in [-0.2, -0.15) is 0 Å². The zero-order valence-corrected chi connectivity index (χ0v) is 37.5. The van der Waals surface area contributed by atoms with E-state index in [1.165, 1.54) is 89.9 Å². The van der Waals surface area contributed by atoms with Gasteiger partial charge in [0.25, 0.3) is 0 Å². The Morgan fingerprint density at radius 1 is 0.526 bits per heavy atom. The lowest BCUT2D eigenvalue weighted by Crippen LogP contribution is -2.44. The number of allylic oxidation sites excluding steroid dienone is 6. The van der Waals surface area contributed by atoms with Crippen LogP contribution in [0.1, 0.15) is 194 Å². The molecule has 0 saturated carbocycles. The molecule has 0 bridgehead atoms. The Hall–Kier alpha value is -2.49. The summed E-state index contributed by atoms with van der Waals surface area (Å²) in [6, 6.07) is 0. The number of hydrogen-bond donors (Lipinski definition) is 0.